The van der Waals surface area contributed by atoms with E-state index in [0.29, 0.717) is 24.2 Å². The topological polar surface area (TPSA) is 105 Å². The molecule has 0 spiro atoms. The van der Waals surface area contributed by atoms with E-state index in [1.54, 1.807) is 24.0 Å². The van der Waals surface area contributed by atoms with E-state index in [1.165, 1.54) is 30.3 Å². The summed E-state index contributed by atoms with van der Waals surface area (Å²) in [5, 5.41) is 3.86. The van der Waals surface area contributed by atoms with Crippen molar-refractivity contribution in [3.05, 3.63) is 59.7 Å². The quantitative estimate of drug-likeness (QED) is 0.645. The van der Waals surface area contributed by atoms with E-state index in [0.717, 1.165) is 19.3 Å². The molecular formula is C21H21FN4O4S. The van der Waals surface area contributed by atoms with Gasteiger partial charge in [-0.3, -0.25) is 9.52 Å². The van der Waals surface area contributed by atoms with Crippen LogP contribution in [0.25, 0.3) is 11.4 Å². The minimum Gasteiger partial charge on any atom is -0.334 e. The summed E-state index contributed by atoms with van der Waals surface area (Å²) >= 11 is 0. The van der Waals surface area contributed by atoms with Crippen LogP contribution in [0.4, 0.5) is 10.1 Å². The molecule has 1 aliphatic heterocycles. The van der Waals surface area contributed by atoms with Gasteiger partial charge in [-0.05, 0) is 62.1 Å². The summed E-state index contributed by atoms with van der Waals surface area (Å²) in [4.78, 5) is 18.4. The van der Waals surface area contributed by atoms with Gasteiger partial charge in [0.15, 0.2) is 0 Å². The second kappa shape index (κ2) is 8.46. The number of hydrogen-bond donors (Lipinski definition) is 1. The Labute approximate surface area is 179 Å². The van der Waals surface area contributed by atoms with Crippen LogP contribution in [0.1, 0.15) is 35.5 Å². The number of nitrogens with zero attached hydrogens (tertiary/aromatic N) is 3. The molecule has 0 bridgehead atoms. The summed E-state index contributed by atoms with van der Waals surface area (Å²) in [7, 11) is -3.95. The fourth-order valence-electron chi connectivity index (χ4n) is 3.42. The first-order chi connectivity index (χ1) is 14.8. The van der Waals surface area contributed by atoms with Crippen molar-refractivity contribution < 1.29 is 22.1 Å². The lowest BCUT2D eigenvalue weighted by Crippen LogP contribution is -2.35. The van der Waals surface area contributed by atoms with E-state index in [-0.39, 0.29) is 28.2 Å². The number of carbonyl (C=O) groups is 1. The van der Waals surface area contributed by atoms with E-state index < -0.39 is 15.8 Å². The lowest BCUT2D eigenvalue weighted by molar-refractivity contribution is 0.0674. The molecule has 0 saturated carbocycles. The Kier molecular flexibility index (Phi) is 5.73. The Morgan fingerprint density at radius 1 is 1.10 bits per heavy atom. The molecule has 31 heavy (non-hydrogen) atoms. The van der Waals surface area contributed by atoms with Crippen LogP contribution in [0, 0.1) is 12.7 Å². The van der Waals surface area contributed by atoms with Crippen LogP contribution < -0.4 is 4.72 Å². The number of amides is 1. The van der Waals surface area contributed by atoms with Crippen LogP contribution in [-0.2, 0) is 10.0 Å². The second-order valence-electron chi connectivity index (χ2n) is 7.37. The SMILES string of the molecule is Cc1ccc(-c2noc(C(=O)N3CCCCC3)n2)cc1S(=O)(=O)Nc1ccc(F)cc1. The summed E-state index contributed by atoms with van der Waals surface area (Å²) < 4.78 is 46.4. The van der Waals surface area contributed by atoms with Gasteiger partial charge in [-0.25, -0.2) is 12.8 Å². The molecule has 2 aromatic carbocycles. The summed E-state index contributed by atoms with van der Waals surface area (Å²) in [6.45, 7) is 2.96. The van der Waals surface area contributed by atoms with Gasteiger partial charge in [0.05, 0.1) is 4.90 Å². The van der Waals surface area contributed by atoms with Gasteiger partial charge in [0.2, 0.25) is 5.82 Å². The molecule has 3 aromatic rings. The maximum atomic E-state index is 13.1. The van der Waals surface area contributed by atoms with E-state index in [1.807, 2.05) is 0 Å². The maximum Gasteiger partial charge on any atom is 0.316 e. The number of carbonyl (C=O) groups excluding carboxylic acids is 1. The molecule has 1 saturated heterocycles. The second-order valence-corrected chi connectivity index (χ2v) is 9.02. The number of nitrogens with one attached hydrogen (secondary N) is 1. The van der Waals surface area contributed by atoms with Gasteiger partial charge in [-0.15, -0.1) is 0 Å². The number of aromatic nitrogens is 2. The van der Waals surface area contributed by atoms with E-state index in [9.17, 15) is 17.6 Å². The van der Waals surface area contributed by atoms with Crippen molar-refractivity contribution in [3.8, 4) is 11.4 Å². The molecule has 162 valence electrons. The van der Waals surface area contributed by atoms with Crippen LogP contribution in [0.2, 0.25) is 0 Å². The Hall–Kier alpha value is -3.27. The van der Waals surface area contributed by atoms with Gasteiger partial charge >= 0.3 is 11.8 Å². The molecule has 0 atom stereocenters. The van der Waals surface area contributed by atoms with Gasteiger partial charge in [0.25, 0.3) is 10.0 Å². The summed E-state index contributed by atoms with van der Waals surface area (Å²) in [5.74, 6) is -0.783. The number of halogens is 1. The summed E-state index contributed by atoms with van der Waals surface area (Å²) in [6.07, 6.45) is 2.96. The summed E-state index contributed by atoms with van der Waals surface area (Å²) in [6, 6.07) is 9.71. The normalized spacial score (nSPS) is 14.5. The van der Waals surface area contributed by atoms with E-state index in [2.05, 4.69) is 14.9 Å². The number of anilines is 1. The number of likely N-dealkylation sites (tertiary alicyclic amines) is 1. The van der Waals surface area contributed by atoms with Crippen LogP contribution in [0.5, 0.6) is 0 Å². The average Bonchev–Trinajstić information content (AvgIpc) is 3.26. The molecule has 2 heterocycles. The fraction of sp³-hybridized carbons (Fsp3) is 0.286. The molecule has 0 unspecified atom stereocenters. The van der Waals surface area contributed by atoms with Crippen LogP contribution in [0.15, 0.2) is 51.9 Å². The monoisotopic (exact) mass is 444 g/mol. The Morgan fingerprint density at radius 3 is 2.52 bits per heavy atom. The number of sulfonamides is 1. The first-order valence-electron chi connectivity index (χ1n) is 9.86. The van der Waals surface area contributed by atoms with E-state index >= 15 is 0 Å². The standard InChI is InChI=1S/C21H21FN4O4S/c1-14-5-6-15(13-18(14)31(28,29)25-17-9-7-16(22)8-10-17)19-23-20(30-24-19)21(27)26-11-3-2-4-12-26/h5-10,13,25H,2-4,11-12H2,1H3. The third kappa shape index (κ3) is 4.58. The van der Waals surface area contributed by atoms with Gasteiger partial charge in [-0.2, -0.15) is 4.98 Å². The van der Waals surface area contributed by atoms with Crippen LogP contribution in [-0.4, -0.2) is 42.5 Å². The van der Waals surface area contributed by atoms with Gasteiger partial charge < -0.3 is 9.42 Å². The fourth-order valence-corrected chi connectivity index (χ4v) is 4.75. The molecule has 1 N–H and O–H groups in total. The average molecular weight is 444 g/mol. The first-order valence-corrected chi connectivity index (χ1v) is 11.3. The molecular weight excluding hydrogens is 423 g/mol. The predicted octanol–water partition coefficient (Wildman–Crippen LogP) is 3.61. The Balaban J connectivity index is 1.60. The molecule has 1 aliphatic rings. The molecule has 10 heteroatoms. The van der Waals surface area contributed by atoms with Crippen molar-refractivity contribution in [2.45, 2.75) is 31.1 Å². The van der Waals surface area contributed by atoms with Crippen molar-refractivity contribution in [1.82, 2.24) is 15.0 Å². The van der Waals surface area contributed by atoms with Crippen LogP contribution >= 0.6 is 0 Å². The number of rotatable bonds is 5. The van der Waals surface area contributed by atoms with Crippen molar-refractivity contribution in [2.75, 3.05) is 17.8 Å². The van der Waals surface area contributed by atoms with Crippen molar-refractivity contribution in [1.29, 1.82) is 0 Å². The molecule has 1 fully saturated rings. The molecule has 1 amide bonds. The number of hydrogen-bond acceptors (Lipinski definition) is 6. The first kappa shape index (κ1) is 21.0. The number of benzene rings is 2. The Morgan fingerprint density at radius 2 is 1.81 bits per heavy atom. The minimum atomic E-state index is -3.95. The number of aryl methyl sites for hydroxylation is 1. The number of piperidine rings is 1. The highest BCUT2D eigenvalue weighted by Crippen LogP contribution is 2.26. The molecule has 1 aromatic heterocycles. The van der Waals surface area contributed by atoms with Gasteiger partial charge in [0.1, 0.15) is 5.82 Å². The van der Waals surface area contributed by atoms with E-state index in [4.69, 9.17) is 4.52 Å². The highest BCUT2D eigenvalue weighted by atomic mass is 32.2. The largest absolute Gasteiger partial charge is 0.334 e. The zero-order valence-corrected chi connectivity index (χ0v) is 17.7. The predicted molar refractivity (Wildman–Crippen MR) is 111 cm³/mol. The zero-order valence-electron chi connectivity index (χ0n) is 16.8. The van der Waals surface area contributed by atoms with Gasteiger partial charge in [0, 0.05) is 24.3 Å². The molecule has 8 nitrogen and oxygen atoms in total. The lowest BCUT2D eigenvalue weighted by atomic mass is 10.1. The third-order valence-corrected chi connectivity index (χ3v) is 6.61. The lowest BCUT2D eigenvalue weighted by Gasteiger charge is -2.24. The van der Waals surface area contributed by atoms with Crippen molar-refractivity contribution in [2.24, 2.45) is 0 Å². The van der Waals surface area contributed by atoms with Crippen molar-refractivity contribution in [3.63, 3.8) is 0 Å². The van der Waals surface area contributed by atoms with Crippen molar-refractivity contribution >= 4 is 21.6 Å². The van der Waals surface area contributed by atoms with Crippen LogP contribution in [0.3, 0.4) is 0 Å². The smallest absolute Gasteiger partial charge is 0.316 e. The third-order valence-electron chi connectivity index (χ3n) is 5.08. The maximum absolute atomic E-state index is 13.1. The molecule has 0 aliphatic carbocycles. The highest BCUT2D eigenvalue weighted by molar-refractivity contribution is 7.92. The highest BCUT2D eigenvalue weighted by Gasteiger charge is 2.25. The minimum absolute atomic E-state index is 0.0167. The van der Waals surface area contributed by atoms with Gasteiger partial charge in [-0.1, -0.05) is 17.3 Å². The molecule has 4 rings (SSSR count). The Bertz CT molecular complexity index is 1200. The zero-order chi connectivity index (χ0) is 22.0. The summed E-state index contributed by atoms with van der Waals surface area (Å²) in [5.41, 5.74) is 1.14. The molecule has 0 radical (unpaired) electrons.